The number of carbonyl (C=O) groups excluding carboxylic acids is 1. The zero-order valence-electron chi connectivity index (χ0n) is 13.3. The van der Waals surface area contributed by atoms with E-state index in [1.807, 2.05) is 34.9 Å². The Morgan fingerprint density at radius 3 is 2.84 bits per heavy atom. The van der Waals surface area contributed by atoms with Crippen LogP contribution in [-0.4, -0.2) is 20.4 Å². The second-order valence-electron chi connectivity index (χ2n) is 6.06. The molecule has 0 aliphatic carbocycles. The maximum atomic E-state index is 13.6. The zero-order chi connectivity index (χ0) is 17.4. The Hall–Kier alpha value is -2.47. The molecule has 0 spiro atoms. The summed E-state index contributed by atoms with van der Waals surface area (Å²) in [4.78, 5) is 18.8. The molecule has 1 aromatic heterocycles. The van der Waals surface area contributed by atoms with Gasteiger partial charge in [-0.15, -0.1) is 0 Å². The van der Waals surface area contributed by atoms with E-state index in [0.717, 1.165) is 21.3 Å². The molecule has 0 N–H and O–H groups in total. The van der Waals surface area contributed by atoms with Crippen molar-refractivity contribution in [3.05, 3.63) is 88.2 Å². The third kappa shape index (κ3) is 3.09. The van der Waals surface area contributed by atoms with Gasteiger partial charge in [0.05, 0.1) is 24.3 Å². The molecule has 0 radical (unpaired) electrons. The highest BCUT2D eigenvalue weighted by atomic mass is 79.9. The molecule has 25 heavy (non-hydrogen) atoms. The topological polar surface area (TPSA) is 38.1 Å². The first-order chi connectivity index (χ1) is 12.1. The molecule has 0 bridgehead atoms. The molecule has 1 amide bonds. The van der Waals surface area contributed by atoms with Crippen molar-refractivity contribution in [2.45, 2.75) is 19.1 Å². The Bertz CT molecular complexity index is 940. The SMILES string of the molecule is O=C1Cn2cncc2C(c2cccc(Br)c2)N1Cc1cccc(F)c1. The lowest BCUT2D eigenvalue weighted by Gasteiger charge is -2.37. The number of hydrogen-bond donors (Lipinski definition) is 0. The molecular weight excluding hydrogens is 385 g/mol. The first kappa shape index (κ1) is 16.0. The molecule has 2 aromatic carbocycles. The van der Waals surface area contributed by atoms with Crippen LogP contribution in [0.4, 0.5) is 4.39 Å². The fourth-order valence-corrected chi connectivity index (χ4v) is 3.69. The number of halogens is 2. The monoisotopic (exact) mass is 399 g/mol. The number of rotatable bonds is 3. The molecule has 6 heteroatoms. The predicted molar refractivity (Wildman–Crippen MR) is 95.2 cm³/mol. The van der Waals surface area contributed by atoms with E-state index in [4.69, 9.17) is 0 Å². The summed E-state index contributed by atoms with van der Waals surface area (Å²) in [7, 11) is 0. The highest BCUT2D eigenvalue weighted by Gasteiger charge is 2.34. The van der Waals surface area contributed by atoms with Crippen LogP contribution in [0.2, 0.25) is 0 Å². The van der Waals surface area contributed by atoms with Gasteiger partial charge in [0.1, 0.15) is 12.4 Å². The summed E-state index contributed by atoms with van der Waals surface area (Å²) in [5, 5.41) is 0. The molecule has 0 fully saturated rings. The van der Waals surface area contributed by atoms with Gasteiger partial charge in [0, 0.05) is 11.0 Å². The van der Waals surface area contributed by atoms with E-state index in [0.29, 0.717) is 6.54 Å². The molecule has 1 aliphatic rings. The molecule has 126 valence electrons. The van der Waals surface area contributed by atoms with Crippen molar-refractivity contribution in [2.75, 3.05) is 0 Å². The molecule has 4 rings (SSSR count). The van der Waals surface area contributed by atoms with Crippen molar-refractivity contribution in [3.63, 3.8) is 0 Å². The van der Waals surface area contributed by atoms with E-state index in [9.17, 15) is 9.18 Å². The number of benzene rings is 2. The summed E-state index contributed by atoms with van der Waals surface area (Å²) in [5.74, 6) is -0.314. The molecule has 4 nitrogen and oxygen atoms in total. The number of imidazole rings is 1. The van der Waals surface area contributed by atoms with Crippen molar-refractivity contribution < 1.29 is 9.18 Å². The van der Waals surface area contributed by atoms with Gasteiger partial charge in [-0.2, -0.15) is 0 Å². The molecule has 2 heterocycles. The number of fused-ring (bicyclic) bond motifs is 1. The van der Waals surface area contributed by atoms with Crippen molar-refractivity contribution in [1.82, 2.24) is 14.5 Å². The molecule has 1 unspecified atom stereocenters. The second kappa shape index (κ2) is 6.44. The lowest BCUT2D eigenvalue weighted by atomic mass is 9.99. The lowest BCUT2D eigenvalue weighted by molar-refractivity contribution is -0.136. The highest BCUT2D eigenvalue weighted by Crippen LogP contribution is 2.34. The van der Waals surface area contributed by atoms with Crippen LogP contribution >= 0.6 is 15.9 Å². The molecule has 3 aromatic rings. The summed E-state index contributed by atoms with van der Waals surface area (Å²) in [5.41, 5.74) is 2.70. The molecule has 1 aliphatic heterocycles. The maximum Gasteiger partial charge on any atom is 0.243 e. The van der Waals surface area contributed by atoms with Crippen LogP contribution in [0.3, 0.4) is 0 Å². The quantitative estimate of drug-likeness (QED) is 0.669. The largest absolute Gasteiger partial charge is 0.324 e. The minimum absolute atomic E-state index is 0.0141. The van der Waals surface area contributed by atoms with Crippen LogP contribution < -0.4 is 0 Å². The van der Waals surface area contributed by atoms with Crippen LogP contribution in [0.25, 0.3) is 0 Å². The fourth-order valence-electron chi connectivity index (χ4n) is 3.27. The van der Waals surface area contributed by atoms with Crippen LogP contribution in [0.1, 0.15) is 22.9 Å². The average molecular weight is 400 g/mol. The molecular formula is C19H15BrFN3O. The van der Waals surface area contributed by atoms with Gasteiger partial charge in [0.15, 0.2) is 0 Å². The normalized spacial score (nSPS) is 16.8. The van der Waals surface area contributed by atoms with E-state index >= 15 is 0 Å². The molecule has 0 saturated heterocycles. The van der Waals surface area contributed by atoms with Crippen molar-refractivity contribution >= 4 is 21.8 Å². The minimum atomic E-state index is -0.300. The van der Waals surface area contributed by atoms with Gasteiger partial charge < -0.3 is 9.47 Å². The van der Waals surface area contributed by atoms with Crippen molar-refractivity contribution in [3.8, 4) is 0 Å². The Kier molecular flexibility index (Phi) is 4.13. The third-order valence-electron chi connectivity index (χ3n) is 4.37. The summed E-state index contributed by atoms with van der Waals surface area (Å²) in [6.45, 7) is 0.591. The van der Waals surface area contributed by atoms with Crippen LogP contribution in [0, 0.1) is 5.82 Å². The molecule has 1 atom stereocenters. The van der Waals surface area contributed by atoms with Gasteiger partial charge in [-0.1, -0.05) is 40.2 Å². The number of hydrogen-bond acceptors (Lipinski definition) is 2. The molecule has 0 saturated carbocycles. The first-order valence-electron chi connectivity index (χ1n) is 7.91. The third-order valence-corrected chi connectivity index (χ3v) is 4.86. The highest BCUT2D eigenvalue weighted by molar-refractivity contribution is 9.10. The van der Waals surface area contributed by atoms with E-state index in [-0.39, 0.29) is 24.3 Å². The van der Waals surface area contributed by atoms with Crippen molar-refractivity contribution in [1.29, 1.82) is 0 Å². The van der Waals surface area contributed by atoms with Crippen LogP contribution in [0.5, 0.6) is 0 Å². The van der Waals surface area contributed by atoms with E-state index in [2.05, 4.69) is 20.9 Å². The van der Waals surface area contributed by atoms with Crippen LogP contribution in [0.15, 0.2) is 65.5 Å². The predicted octanol–water partition coefficient (Wildman–Crippen LogP) is 3.92. The lowest BCUT2D eigenvalue weighted by Crippen LogP contribution is -2.42. The van der Waals surface area contributed by atoms with E-state index in [1.54, 1.807) is 23.5 Å². The van der Waals surface area contributed by atoms with Gasteiger partial charge in [0.25, 0.3) is 0 Å². The second-order valence-corrected chi connectivity index (χ2v) is 6.97. The summed E-state index contributed by atoms with van der Waals surface area (Å²) in [6.07, 6.45) is 3.47. The minimum Gasteiger partial charge on any atom is -0.324 e. The Balaban J connectivity index is 1.78. The Labute approximate surface area is 153 Å². The first-order valence-corrected chi connectivity index (χ1v) is 8.70. The smallest absolute Gasteiger partial charge is 0.243 e. The number of amides is 1. The average Bonchev–Trinajstić information content (AvgIpc) is 3.03. The van der Waals surface area contributed by atoms with Gasteiger partial charge >= 0.3 is 0 Å². The Morgan fingerprint density at radius 2 is 2.04 bits per heavy atom. The summed E-state index contributed by atoms with van der Waals surface area (Å²) in [6, 6.07) is 14.0. The van der Waals surface area contributed by atoms with Gasteiger partial charge in [-0.05, 0) is 35.4 Å². The van der Waals surface area contributed by atoms with E-state index in [1.165, 1.54) is 12.1 Å². The fraction of sp³-hybridized carbons (Fsp3) is 0.158. The Morgan fingerprint density at radius 1 is 1.20 bits per heavy atom. The standard InChI is InChI=1S/C19H15BrFN3O/c20-15-5-2-4-14(8-15)19-17-9-22-12-23(17)11-18(25)24(19)10-13-3-1-6-16(21)7-13/h1-9,12,19H,10-11H2. The van der Waals surface area contributed by atoms with E-state index < -0.39 is 0 Å². The van der Waals surface area contributed by atoms with Gasteiger partial charge in [-0.3, -0.25) is 4.79 Å². The zero-order valence-corrected chi connectivity index (χ0v) is 14.9. The van der Waals surface area contributed by atoms with Gasteiger partial charge in [-0.25, -0.2) is 9.37 Å². The maximum absolute atomic E-state index is 13.6. The van der Waals surface area contributed by atoms with Gasteiger partial charge in [0.2, 0.25) is 5.91 Å². The number of nitrogens with zero attached hydrogens (tertiary/aromatic N) is 3. The van der Waals surface area contributed by atoms with Crippen molar-refractivity contribution in [2.24, 2.45) is 0 Å². The summed E-state index contributed by atoms with van der Waals surface area (Å²) >= 11 is 3.50. The van der Waals surface area contributed by atoms with Crippen LogP contribution in [-0.2, 0) is 17.9 Å². The summed E-state index contributed by atoms with van der Waals surface area (Å²) < 4.78 is 16.4. The number of carbonyl (C=O) groups is 1. The number of aromatic nitrogens is 2.